The maximum absolute atomic E-state index is 11.0. The Morgan fingerprint density at radius 2 is 2.12 bits per heavy atom. The van der Waals surface area contributed by atoms with Crippen LogP contribution in [0, 0.1) is 6.92 Å². The van der Waals surface area contributed by atoms with E-state index in [2.05, 4.69) is 22.0 Å². The molecule has 3 rings (SSSR count). The molecule has 0 radical (unpaired) electrons. The van der Waals surface area contributed by atoms with Crippen LogP contribution in [0.1, 0.15) is 29.0 Å². The van der Waals surface area contributed by atoms with Crippen molar-refractivity contribution in [3.8, 4) is 0 Å². The molecule has 0 saturated carbocycles. The van der Waals surface area contributed by atoms with Gasteiger partial charge in [-0.05, 0) is 25.8 Å². The van der Waals surface area contributed by atoms with Gasteiger partial charge in [0, 0.05) is 31.0 Å². The first kappa shape index (κ1) is 10.3. The fourth-order valence-electron chi connectivity index (χ4n) is 2.48. The summed E-state index contributed by atoms with van der Waals surface area (Å²) in [5, 5.41) is 0. The number of pyridine rings is 1. The second-order valence-corrected chi connectivity index (χ2v) is 4.51. The Morgan fingerprint density at radius 3 is 2.82 bits per heavy atom. The molecular formula is C13H15N3O. The quantitative estimate of drug-likeness (QED) is 0.740. The van der Waals surface area contributed by atoms with Gasteiger partial charge < -0.3 is 4.90 Å². The van der Waals surface area contributed by atoms with Gasteiger partial charge in [0.1, 0.15) is 11.3 Å². The molecule has 0 atom stereocenters. The lowest BCUT2D eigenvalue weighted by Crippen LogP contribution is -2.17. The molecule has 1 aliphatic heterocycles. The van der Waals surface area contributed by atoms with Crippen molar-refractivity contribution < 1.29 is 4.79 Å². The number of imidazole rings is 1. The normalized spacial score (nSPS) is 15.7. The molecule has 0 amide bonds. The Labute approximate surface area is 99.9 Å². The van der Waals surface area contributed by atoms with Crippen molar-refractivity contribution in [1.82, 2.24) is 9.38 Å². The van der Waals surface area contributed by atoms with Gasteiger partial charge in [0.2, 0.25) is 0 Å². The summed E-state index contributed by atoms with van der Waals surface area (Å²) in [5.74, 6) is 0. The summed E-state index contributed by atoms with van der Waals surface area (Å²) in [7, 11) is 0. The zero-order chi connectivity index (χ0) is 11.8. The number of hydrogen-bond donors (Lipinski definition) is 0. The van der Waals surface area contributed by atoms with E-state index in [1.54, 1.807) is 0 Å². The van der Waals surface area contributed by atoms with Gasteiger partial charge in [0.15, 0.2) is 6.29 Å². The second-order valence-electron chi connectivity index (χ2n) is 4.51. The van der Waals surface area contributed by atoms with E-state index in [4.69, 9.17) is 0 Å². The van der Waals surface area contributed by atoms with E-state index in [0.29, 0.717) is 5.69 Å². The van der Waals surface area contributed by atoms with Crippen LogP contribution in [0.15, 0.2) is 18.3 Å². The lowest BCUT2D eigenvalue weighted by molar-refractivity contribution is 0.111. The van der Waals surface area contributed by atoms with Crippen molar-refractivity contribution >= 4 is 17.6 Å². The molecule has 0 bridgehead atoms. The third-order valence-corrected chi connectivity index (χ3v) is 3.41. The molecule has 4 nitrogen and oxygen atoms in total. The molecule has 0 unspecified atom stereocenters. The van der Waals surface area contributed by atoms with Crippen LogP contribution in [-0.2, 0) is 0 Å². The van der Waals surface area contributed by atoms with E-state index >= 15 is 0 Å². The number of aromatic nitrogens is 2. The van der Waals surface area contributed by atoms with Gasteiger partial charge >= 0.3 is 0 Å². The van der Waals surface area contributed by atoms with Crippen molar-refractivity contribution in [3.05, 3.63) is 29.7 Å². The lowest BCUT2D eigenvalue weighted by Gasteiger charge is -2.17. The van der Waals surface area contributed by atoms with Gasteiger partial charge in [-0.15, -0.1) is 0 Å². The van der Waals surface area contributed by atoms with E-state index in [1.165, 1.54) is 18.5 Å². The number of carbonyl (C=O) groups is 1. The summed E-state index contributed by atoms with van der Waals surface area (Å²) in [5.41, 5.74) is 3.50. The highest BCUT2D eigenvalue weighted by Crippen LogP contribution is 2.22. The molecular weight excluding hydrogens is 214 g/mol. The van der Waals surface area contributed by atoms with E-state index in [0.717, 1.165) is 30.7 Å². The Morgan fingerprint density at radius 1 is 1.35 bits per heavy atom. The van der Waals surface area contributed by atoms with E-state index in [1.807, 2.05) is 17.5 Å². The Bertz CT molecular complexity index is 567. The predicted octanol–water partition coefficient (Wildman–Crippen LogP) is 2.06. The van der Waals surface area contributed by atoms with Crippen LogP contribution < -0.4 is 4.90 Å². The van der Waals surface area contributed by atoms with Crippen molar-refractivity contribution in [1.29, 1.82) is 0 Å². The molecule has 88 valence electrons. The Kier molecular flexibility index (Phi) is 2.35. The number of fused-ring (bicyclic) bond motifs is 1. The molecule has 0 aliphatic carbocycles. The largest absolute Gasteiger partial charge is 0.371 e. The van der Waals surface area contributed by atoms with Gasteiger partial charge in [-0.1, -0.05) is 0 Å². The van der Waals surface area contributed by atoms with Gasteiger partial charge in [0.05, 0.1) is 5.69 Å². The maximum atomic E-state index is 11.0. The molecule has 0 N–H and O–H groups in total. The summed E-state index contributed by atoms with van der Waals surface area (Å²) in [6, 6.07) is 4.12. The summed E-state index contributed by atoms with van der Waals surface area (Å²) in [4.78, 5) is 17.8. The Hall–Kier alpha value is -1.84. The summed E-state index contributed by atoms with van der Waals surface area (Å²) in [6.07, 6.45) is 5.33. The van der Waals surface area contributed by atoms with Crippen LogP contribution in [0.25, 0.3) is 5.65 Å². The number of hydrogen-bond acceptors (Lipinski definition) is 3. The van der Waals surface area contributed by atoms with Crippen molar-refractivity contribution in [2.75, 3.05) is 18.0 Å². The minimum atomic E-state index is 0.646. The molecule has 2 aromatic rings. The zero-order valence-electron chi connectivity index (χ0n) is 9.89. The first-order valence-electron chi connectivity index (χ1n) is 5.98. The fourth-order valence-corrected chi connectivity index (χ4v) is 2.48. The first-order chi connectivity index (χ1) is 8.29. The molecule has 1 fully saturated rings. The minimum Gasteiger partial charge on any atom is -0.371 e. The van der Waals surface area contributed by atoms with E-state index < -0.39 is 0 Å². The van der Waals surface area contributed by atoms with Crippen molar-refractivity contribution in [3.63, 3.8) is 0 Å². The van der Waals surface area contributed by atoms with Crippen LogP contribution in [0.4, 0.5) is 5.69 Å². The molecule has 17 heavy (non-hydrogen) atoms. The summed E-state index contributed by atoms with van der Waals surface area (Å²) >= 11 is 0. The topological polar surface area (TPSA) is 37.6 Å². The van der Waals surface area contributed by atoms with E-state index in [-0.39, 0.29) is 0 Å². The summed E-state index contributed by atoms with van der Waals surface area (Å²) < 4.78 is 1.85. The molecule has 0 aromatic carbocycles. The SMILES string of the molecule is Cc1nc2cc(N3CCCC3)ccn2c1C=O. The number of rotatable bonds is 2. The molecule has 2 aromatic heterocycles. The monoisotopic (exact) mass is 229 g/mol. The fraction of sp³-hybridized carbons (Fsp3) is 0.385. The molecule has 1 saturated heterocycles. The summed E-state index contributed by atoms with van der Waals surface area (Å²) in [6.45, 7) is 4.11. The maximum Gasteiger partial charge on any atom is 0.168 e. The van der Waals surface area contributed by atoms with Crippen LogP contribution in [-0.4, -0.2) is 28.8 Å². The van der Waals surface area contributed by atoms with Crippen LogP contribution in [0.2, 0.25) is 0 Å². The zero-order valence-corrected chi connectivity index (χ0v) is 9.89. The third-order valence-electron chi connectivity index (χ3n) is 3.41. The number of aryl methyl sites for hydroxylation is 1. The molecule has 4 heteroatoms. The third kappa shape index (κ3) is 1.60. The number of nitrogens with zero attached hydrogens (tertiary/aromatic N) is 3. The number of anilines is 1. The molecule has 0 spiro atoms. The number of carbonyl (C=O) groups excluding carboxylic acids is 1. The smallest absolute Gasteiger partial charge is 0.168 e. The van der Waals surface area contributed by atoms with Gasteiger partial charge in [-0.3, -0.25) is 9.20 Å². The standard InChI is InChI=1S/C13H15N3O/c1-10-12(9-17)16-7-4-11(8-13(16)14-10)15-5-2-3-6-15/h4,7-9H,2-3,5-6H2,1H3. The van der Waals surface area contributed by atoms with Crippen molar-refractivity contribution in [2.45, 2.75) is 19.8 Å². The van der Waals surface area contributed by atoms with Crippen molar-refractivity contribution in [2.24, 2.45) is 0 Å². The highest BCUT2D eigenvalue weighted by atomic mass is 16.1. The molecule has 3 heterocycles. The van der Waals surface area contributed by atoms with Crippen LogP contribution in [0.3, 0.4) is 0 Å². The second kappa shape index (κ2) is 3.87. The minimum absolute atomic E-state index is 0.646. The van der Waals surface area contributed by atoms with Gasteiger partial charge in [0.25, 0.3) is 0 Å². The average molecular weight is 229 g/mol. The first-order valence-corrected chi connectivity index (χ1v) is 5.98. The van der Waals surface area contributed by atoms with Gasteiger partial charge in [-0.2, -0.15) is 0 Å². The lowest BCUT2D eigenvalue weighted by atomic mass is 10.3. The highest BCUT2D eigenvalue weighted by molar-refractivity contribution is 5.77. The average Bonchev–Trinajstić information content (AvgIpc) is 2.93. The number of aldehydes is 1. The predicted molar refractivity (Wildman–Crippen MR) is 66.8 cm³/mol. The highest BCUT2D eigenvalue weighted by Gasteiger charge is 2.14. The van der Waals surface area contributed by atoms with E-state index in [9.17, 15) is 4.79 Å². The Balaban J connectivity index is 2.10. The van der Waals surface area contributed by atoms with Crippen LogP contribution >= 0.6 is 0 Å². The molecule has 1 aliphatic rings. The van der Waals surface area contributed by atoms with Gasteiger partial charge in [-0.25, -0.2) is 4.98 Å². The van der Waals surface area contributed by atoms with Crippen LogP contribution in [0.5, 0.6) is 0 Å².